The Labute approximate surface area is 106 Å². The Balaban J connectivity index is 2.14. The highest BCUT2D eigenvalue weighted by Gasteiger charge is 2.62. The molecule has 0 aromatic heterocycles. The Kier molecular flexibility index (Phi) is 2.24. The molecule has 2 aromatic rings. The van der Waals surface area contributed by atoms with Crippen molar-refractivity contribution in [1.29, 1.82) is 0 Å². The Morgan fingerprint density at radius 2 is 1.78 bits per heavy atom. The smallest absolute Gasteiger partial charge is 0.307 e. The van der Waals surface area contributed by atoms with Crippen molar-refractivity contribution in [2.24, 2.45) is 11.3 Å². The van der Waals surface area contributed by atoms with Crippen molar-refractivity contribution in [3.05, 3.63) is 48.0 Å². The molecule has 2 aromatic carbocycles. The zero-order chi connectivity index (χ0) is 12.9. The molecule has 18 heavy (non-hydrogen) atoms. The molecule has 1 saturated carbocycles. The number of aliphatic carboxylic acids is 1. The van der Waals surface area contributed by atoms with Crippen molar-refractivity contribution in [2.45, 2.75) is 19.8 Å². The van der Waals surface area contributed by atoms with Crippen LogP contribution in [0.3, 0.4) is 0 Å². The first-order valence-electron chi connectivity index (χ1n) is 6.24. The molecule has 2 heteroatoms. The van der Waals surface area contributed by atoms with Gasteiger partial charge in [-0.3, -0.25) is 4.79 Å². The Bertz CT molecular complexity index is 623. The summed E-state index contributed by atoms with van der Waals surface area (Å²) in [5.74, 6) is -0.817. The van der Waals surface area contributed by atoms with Gasteiger partial charge in [0.25, 0.3) is 0 Å². The maximum absolute atomic E-state index is 11.3. The highest BCUT2D eigenvalue weighted by molar-refractivity contribution is 5.88. The molecule has 2 atom stereocenters. The second kappa shape index (κ2) is 3.58. The van der Waals surface area contributed by atoms with Crippen molar-refractivity contribution in [1.82, 2.24) is 0 Å². The van der Waals surface area contributed by atoms with Crippen molar-refractivity contribution < 1.29 is 9.90 Å². The lowest BCUT2D eigenvalue weighted by molar-refractivity contribution is -0.139. The zero-order valence-corrected chi connectivity index (χ0v) is 10.6. The van der Waals surface area contributed by atoms with Gasteiger partial charge in [-0.2, -0.15) is 0 Å². The van der Waals surface area contributed by atoms with Crippen LogP contribution in [-0.4, -0.2) is 11.1 Å². The summed E-state index contributed by atoms with van der Waals surface area (Å²) in [6.07, 6.45) is 0. The molecule has 0 unspecified atom stereocenters. The van der Waals surface area contributed by atoms with Crippen LogP contribution in [0.25, 0.3) is 10.8 Å². The third kappa shape index (κ3) is 1.45. The van der Waals surface area contributed by atoms with Gasteiger partial charge in [-0.1, -0.05) is 56.3 Å². The maximum atomic E-state index is 11.3. The molecule has 0 heterocycles. The molecule has 1 N–H and O–H groups in total. The minimum absolute atomic E-state index is 0.126. The molecule has 92 valence electrons. The number of fused-ring (bicyclic) bond motifs is 1. The fourth-order valence-electron chi connectivity index (χ4n) is 3.20. The topological polar surface area (TPSA) is 37.3 Å². The molecule has 0 saturated heterocycles. The average Bonchev–Trinajstić information content (AvgIpc) is 2.91. The molecule has 2 nitrogen and oxygen atoms in total. The van der Waals surface area contributed by atoms with Crippen molar-refractivity contribution in [3.63, 3.8) is 0 Å². The minimum Gasteiger partial charge on any atom is -0.481 e. The van der Waals surface area contributed by atoms with Crippen LogP contribution < -0.4 is 0 Å². The third-order valence-electron chi connectivity index (χ3n) is 4.25. The molecule has 0 bridgehead atoms. The fourth-order valence-corrected chi connectivity index (χ4v) is 3.20. The lowest BCUT2D eigenvalue weighted by Crippen LogP contribution is -2.03. The fraction of sp³-hybridized carbons (Fsp3) is 0.312. The van der Waals surface area contributed by atoms with E-state index in [0.717, 1.165) is 0 Å². The number of hydrogen-bond acceptors (Lipinski definition) is 1. The summed E-state index contributed by atoms with van der Waals surface area (Å²) in [4.78, 5) is 11.3. The molecular formula is C16H16O2. The highest BCUT2D eigenvalue weighted by atomic mass is 16.4. The van der Waals surface area contributed by atoms with E-state index in [1.807, 2.05) is 32.0 Å². The summed E-state index contributed by atoms with van der Waals surface area (Å²) >= 11 is 0. The van der Waals surface area contributed by atoms with E-state index in [-0.39, 0.29) is 17.3 Å². The predicted molar refractivity (Wildman–Crippen MR) is 71.6 cm³/mol. The summed E-state index contributed by atoms with van der Waals surface area (Å²) in [5, 5.41) is 11.7. The second-order valence-corrected chi connectivity index (χ2v) is 5.68. The SMILES string of the molecule is CC1(C)[C@H](C(=O)O)[C@H]1c1cccc2ccccc12. The van der Waals surface area contributed by atoms with E-state index in [2.05, 4.69) is 24.3 Å². The van der Waals surface area contributed by atoms with E-state index < -0.39 is 5.97 Å². The number of carbonyl (C=O) groups is 1. The van der Waals surface area contributed by atoms with E-state index in [1.54, 1.807) is 0 Å². The van der Waals surface area contributed by atoms with Gasteiger partial charge in [-0.05, 0) is 21.8 Å². The van der Waals surface area contributed by atoms with Crippen LogP contribution in [0, 0.1) is 11.3 Å². The van der Waals surface area contributed by atoms with Crippen LogP contribution in [0.5, 0.6) is 0 Å². The monoisotopic (exact) mass is 240 g/mol. The van der Waals surface area contributed by atoms with Crippen molar-refractivity contribution in [3.8, 4) is 0 Å². The number of hydrogen-bond donors (Lipinski definition) is 1. The normalized spacial score (nSPS) is 25.0. The molecular weight excluding hydrogens is 224 g/mol. The Hall–Kier alpha value is -1.83. The van der Waals surface area contributed by atoms with E-state index in [9.17, 15) is 9.90 Å². The van der Waals surface area contributed by atoms with Gasteiger partial charge in [0, 0.05) is 5.92 Å². The quantitative estimate of drug-likeness (QED) is 0.869. The molecule has 0 amide bonds. The number of rotatable bonds is 2. The minimum atomic E-state index is -0.682. The molecule has 0 spiro atoms. The third-order valence-corrected chi connectivity index (χ3v) is 4.25. The van der Waals surface area contributed by atoms with Gasteiger partial charge in [-0.15, -0.1) is 0 Å². The van der Waals surface area contributed by atoms with Gasteiger partial charge in [0.2, 0.25) is 0 Å². The first-order chi connectivity index (χ1) is 8.53. The lowest BCUT2D eigenvalue weighted by Gasteiger charge is -2.07. The molecule has 3 rings (SSSR count). The summed E-state index contributed by atoms with van der Waals surface area (Å²) in [6, 6.07) is 14.3. The van der Waals surface area contributed by atoms with Crippen LogP contribution in [-0.2, 0) is 4.79 Å². The summed E-state index contributed by atoms with van der Waals surface area (Å²) in [6.45, 7) is 4.08. The first kappa shape index (κ1) is 11.3. The molecule has 1 aliphatic carbocycles. The summed E-state index contributed by atoms with van der Waals surface area (Å²) < 4.78 is 0. The van der Waals surface area contributed by atoms with Crippen molar-refractivity contribution in [2.75, 3.05) is 0 Å². The average molecular weight is 240 g/mol. The van der Waals surface area contributed by atoms with Crippen LogP contribution in [0.2, 0.25) is 0 Å². The van der Waals surface area contributed by atoms with Gasteiger partial charge in [0.15, 0.2) is 0 Å². The van der Waals surface area contributed by atoms with Crippen LogP contribution in [0.4, 0.5) is 0 Å². The number of carboxylic acids is 1. The largest absolute Gasteiger partial charge is 0.481 e. The summed E-state index contributed by atoms with van der Waals surface area (Å²) in [7, 11) is 0. The van der Waals surface area contributed by atoms with Gasteiger partial charge < -0.3 is 5.11 Å². The Morgan fingerprint density at radius 3 is 2.44 bits per heavy atom. The van der Waals surface area contributed by atoms with Gasteiger partial charge in [0.05, 0.1) is 5.92 Å². The van der Waals surface area contributed by atoms with Crippen LogP contribution in [0.15, 0.2) is 42.5 Å². The van der Waals surface area contributed by atoms with E-state index in [1.165, 1.54) is 16.3 Å². The standard InChI is InChI=1S/C16H16O2/c1-16(2)13(14(16)15(17)18)12-9-5-7-10-6-3-4-8-11(10)12/h3-9,13-14H,1-2H3,(H,17,18)/t13-,14+/m1/s1. The summed E-state index contributed by atoms with van der Waals surface area (Å²) in [5.41, 5.74) is 1.03. The molecule has 0 aliphatic heterocycles. The van der Waals surface area contributed by atoms with E-state index in [4.69, 9.17) is 0 Å². The first-order valence-corrected chi connectivity index (χ1v) is 6.24. The number of carboxylic acid groups (broad SMARTS) is 1. The van der Waals surface area contributed by atoms with Crippen LogP contribution in [0.1, 0.15) is 25.3 Å². The molecule has 0 radical (unpaired) electrons. The second-order valence-electron chi connectivity index (χ2n) is 5.68. The maximum Gasteiger partial charge on any atom is 0.307 e. The lowest BCUT2D eigenvalue weighted by atomic mass is 9.97. The Morgan fingerprint density at radius 1 is 1.11 bits per heavy atom. The molecule has 1 fully saturated rings. The predicted octanol–water partition coefficient (Wildman–Crippen LogP) is 3.66. The van der Waals surface area contributed by atoms with Crippen LogP contribution >= 0.6 is 0 Å². The highest BCUT2D eigenvalue weighted by Crippen LogP contribution is 2.65. The molecule has 1 aliphatic rings. The van der Waals surface area contributed by atoms with Gasteiger partial charge >= 0.3 is 5.97 Å². The van der Waals surface area contributed by atoms with E-state index in [0.29, 0.717) is 0 Å². The van der Waals surface area contributed by atoms with Crippen molar-refractivity contribution >= 4 is 16.7 Å². The van der Waals surface area contributed by atoms with Gasteiger partial charge in [0.1, 0.15) is 0 Å². The zero-order valence-electron chi connectivity index (χ0n) is 10.6. The van der Waals surface area contributed by atoms with E-state index >= 15 is 0 Å². The number of benzene rings is 2. The van der Waals surface area contributed by atoms with Gasteiger partial charge in [-0.25, -0.2) is 0 Å².